The fourth-order valence-corrected chi connectivity index (χ4v) is 5.37. The molecule has 0 aromatic heterocycles. The molecule has 0 saturated heterocycles. The number of benzene rings is 3. The third-order valence-electron chi connectivity index (χ3n) is 5.19. The van der Waals surface area contributed by atoms with Crippen LogP contribution in [-0.4, -0.2) is 43.2 Å². The van der Waals surface area contributed by atoms with Gasteiger partial charge in [0.25, 0.3) is 0 Å². The van der Waals surface area contributed by atoms with E-state index in [9.17, 15) is 8.42 Å². The van der Waals surface area contributed by atoms with Crippen LogP contribution in [0.4, 0.5) is 11.4 Å². The van der Waals surface area contributed by atoms with Gasteiger partial charge in [0.05, 0.1) is 11.5 Å². The van der Waals surface area contributed by atoms with Crippen molar-refractivity contribution in [2.75, 3.05) is 44.6 Å². The van der Waals surface area contributed by atoms with Crippen LogP contribution in [0.1, 0.15) is 23.3 Å². The summed E-state index contributed by atoms with van der Waals surface area (Å²) in [5.41, 5.74) is 3.29. The molecule has 1 atom stereocenters. The van der Waals surface area contributed by atoms with Crippen LogP contribution < -0.4 is 14.5 Å². The molecule has 31 heavy (non-hydrogen) atoms. The number of rotatable bonds is 8. The zero-order chi connectivity index (χ0) is 22.6. The molecule has 0 aliphatic heterocycles. The fourth-order valence-electron chi connectivity index (χ4n) is 3.52. The highest BCUT2D eigenvalue weighted by molar-refractivity contribution is 7.92. The number of anilines is 2. The largest absolute Gasteiger partial charge is 0.493 e. The van der Waals surface area contributed by atoms with Crippen LogP contribution >= 0.6 is 0 Å². The normalized spacial score (nSPS) is 12.3. The summed E-state index contributed by atoms with van der Waals surface area (Å²) in [5.74, 6) is 0.579. The van der Waals surface area contributed by atoms with E-state index in [1.807, 2.05) is 93.4 Å². The van der Waals surface area contributed by atoms with E-state index < -0.39 is 15.1 Å². The lowest BCUT2D eigenvalue weighted by Gasteiger charge is -2.24. The molecule has 3 aromatic rings. The molecule has 6 heteroatoms. The molecule has 0 N–H and O–H groups in total. The Labute approximate surface area is 185 Å². The second kappa shape index (κ2) is 9.43. The van der Waals surface area contributed by atoms with Crippen LogP contribution in [0.3, 0.4) is 0 Å². The Morgan fingerprint density at radius 2 is 1.39 bits per heavy atom. The molecule has 0 bridgehead atoms. The summed E-state index contributed by atoms with van der Waals surface area (Å²) < 4.78 is 33.6. The molecular weight excluding hydrogens is 408 g/mol. The van der Waals surface area contributed by atoms with Gasteiger partial charge >= 0.3 is 0 Å². The van der Waals surface area contributed by atoms with Gasteiger partial charge in [-0.15, -0.1) is 0 Å². The minimum absolute atomic E-state index is 0.288. The van der Waals surface area contributed by atoms with E-state index in [4.69, 9.17) is 4.74 Å². The first kappa shape index (κ1) is 22.7. The Morgan fingerprint density at radius 3 is 1.94 bits per heavy atom. The number of sulfone groups is 1. The number of hydrogen-bond donors (Lipinski definition) is 0. The third kappa shape index (κ3) is 4.85. The molecule has 0 heterocycles. The molecule has 3 rings (SSSR count). The van der Waals surface area contributed by atoms with Crippen molar-refractivity contribution in [3.8, 4) is 5.75 Å². The van der Waals surface area contributed by atoms with Gasteiger partial charge in [0.1, 0.15) is 11.0 Å². The van der Waals surface area contributed by atoms with Gasteiger partial charge in [0, 0.05) is 51.2 Å². The van der Waals surface area contributed by atoms with Crippen molar-refractivity contribution in [2.24, 2.45) is 0 Å². The van der Waals surface area contributed by atoms with Crippen LogP contribution in [0, 0.1) is 0 Å². The summed E-state index contributed by atoms with van der Waals surface area (Å²) in [5, 5.41) is -0.885. The molecule has 0 aliphatic rings. The maximum atomic E-state index is 13.9. The van der Waals surface area contributed by atoms with Crippen LogP contribution in [0.2, 0.25) is 0 Å². The first-order valence-corrected chi connectivity index (χ1v) is 11.8. The highest BCUT2D eigenvalue weighted by Gasteiger charge is 2.33. The van der Waals surface area contributed by atoms with E-state index in [1.54, 1.807) is 24.3 Å². The highest BCUT2D eigenvalue weighted by atomic mass is 32.2. The Hall–Kier alpha value is -2.99. The van der Waals surface area contributed by atoms with Crippen LogP contribution in [0.15, 0.2) is 77.7 Å². The van der Waals surface area contributed by atoms with Gasteiger partial charge in [-0.05, 0) is 42.8 Å². The fraction of sp³-hybridized carbons (Fsp3) is 0.280. The van der Waals surface area contributed by atoms with E-state index in [-0.39, 0.29) is 4.90 Å². The number of nitrogens with zero attached hydrogens (tertiary/aromatic N) is 2. The molecule has 0 fully saturated rings. The van der Waals surface area contributed by atoms with Gasteiger partial charge in [-0.1, -0.05) is 36.4 Å². The van der Waals surface area contributed by atoms with Gasteiger partial charge in [-0.3, -0.25) is 0 Å². The van der Waals surface area contributed by atoms with Crippen molar-refractivity contribution < 1.29 is 13.2 Å². The Bertz CT molecular complexity index is 1110. The van der Waals surface area contributed by atoms with Crippen LogP contribution in [-0.2, 0) is 9.84 Å². The molecule has 0 aliphatic carbocycles. The summed E-state index contributed by atoms with van der Waals surface area (Å²) in [7, 11) is 4.09. The van der Waals surface area contributed by atoms with E-state index in [1.165, 1.54) is 0 Å². The van der Waals surface area contributed by atoms with Gasteiger partial charge in [0.2, 0.25) is 0 Å². The first-order valence-electron chi connectivity index (χ1n) is 10.3. The van der Waals surface area contributed by atoms with Crippen LogP contribution in [0.5, 0.6) is 5.75 Å². The van der Waals surface area contributed by atoms with E-state index in [0.717, 1.165) is 11.4 Å². The zero-order valence-electron chi connectivity index (χ0n) is 18.7. The van der Waals surface area contributed by atoms with E-state index in [0.29, 0.717) is 23.5 Å². The third-order valence-corrected chi connectivity index (χ3v) is 7.27. The maximum absolute atomic E-state index is 13.9. The number of hydrogen-bond acceptors (Lipinski definition) is 5. The molecule has 0 radical (unpaired) electrons. The lowest BCUT2D eigenvalue weighted by atomic mass is 10.0. The zero-order valence-corrected chi connectivity index (χ0v) is 19.6. The molecule has 3 aromatic carbocycles. The lowest BCUT2D eigenvalue weighted by molar-refractivity contribution is 0.336. The topological polar surface area (TPSA) is 49.9 Å². The van der Waals surface area contributed by atoms with Crippen molar-refractivity contribution in [1.82, 2.24) is 0 Å². The van der Waals surface area contributed by atoms with E-state index >= 15 is 0 Å². The van der Waals surface area contributed by atoms with Gasteiger partial charge in [-0.2, -0.15) is 0 Å². The molecule has 1 unspecified atom stereocenters. The predicted octanol–water partition coefficient (Wildman–Crippen LogP) is 4.78. The highest BCUT2D eigenvalue weighted by Crippen LogP contribution is 2.41. The minimum atomic E-state index is -3.72. The monoisotopic (exact) mass is 438 g/mol. The van der Waals surface area contributed by atoms with Gasteiger partial charge in [0.15, 0.2) is 9.84 Å². The Balaban J connectivity index is 2.24. The lowest BCUT2D eigenvalue weighted by Crippen LogP contribution is -2.18. The molecule has 0 saturated carbocycles. The van der Waals surface area contributed by atoms with Crippen molar-refractivity contribution >= 4 is 21.2 Å². The van der Waals surface area contributed by atoms with Crippen molar-refractivity contribution in [3.63, 3.8) is 0 Å². The molecular formula is C25H30N2O3S. The predicted molar refractivity (Wildman–Crippen MR) is 128 cm³/mol. The second-order valence-corrected chi connectivity index (χ2v) is 9.81. The minimum Gasteiger partial charge on any atom is -0.493 e. The van der Waals surface area contributed by atoms with Crippen molar-refractivity contribution in [3.05, 3.63) is 83.9 Å². The Morgan fingerprint density at radius 1 is 0.806 bits per heavy atom. The van der Waals surface area contributed by atoms with E-state index in [2.05, 4.69) is 0 Å². The standard InChI is InChI=1S/C25H30N2O3S/c1-6-30-24-18-21(27(4)5)16-17-23(24)25(19-12-14-20(15-13-19)26(2)3)31(28,29)22-10-8-7-9-11-22/h7-18,25H,6H2,1-5H3. The summed E-state index contributed by atoms with van der Waals surface area (Å²) in [6.07, 6.45) is 0. The average molecular weight is 439 g/mol. The first-order chi connectivity index (χ1) is 14.8. The van der Waals surface area contributed by atoms with Crippen molar-refractivity contribution in [1.29, 1.82) is 0 Å². The number of ether oxygens (including phenoxy) is 1. The summed E-state index contributed by atoms with van der Waals surface area (Å²) in [6, 6.07) is 22.0. The SMILES string of the molecule is CCOc1cc(N(C)C)ccc1C(c1ccc(N(C)C)cc1)S(=O)(=O)c1ccccc1. The summed E-state index contributed by atoms with van der Waals surface area (Å²) >= 11 is 0. The molecule has 0 amide bonds. The second-order valence-electron chi connectivity index (χ2n) is 7.77. The maximum Gasteiger partial charge on any atom is 0.189 e. The smallest absolute Gasteiger partial charge is 0.189 e. The molecule has 5 nitrogen and oxygen atoms in total. The van der Waals surface area contributed by atoms with Crippen molar-refractivity contribution in [2.45, 2.75) is 17.1 Å². The average Bonchev–Trinajstić information content (AvgIpc) is 2.76. The summed E-state index contributed by atoms with van der Waals surface area (Å²) in [6.45, 7) is 2.35. The van der Waals surface area contributed by atoms with Gasteiger partial charge < -0.3 is 14.5 Å². The quantitative estimate of drug-likeness (QED) is 0.507. The summed E-state index contributed by atoms with van der Waals surface area (Å²) in [4.78, 5) is 4.25. The van der Waals surface area contributed by atoms with Gasteiger partial charge in [-0.25, -0.2) is 8.42 Å². The van der Waals surface area contributed by atoms with Crippen LogP contribution in [0.25, 0.3) is 0 Å². The Kier molecular flexibility index (Phi) is 6.91. The molecule has 0 spiro atoms. The molecule has 164 valence electrons.